The Balaban J connectivity index is 1.50. The topological polar surface area (TPSA) is 20.3 Å². The molecular formula is C19H24ClNO. The summed E-state index contributed by atoms with van der Waals surface area (Å²) in [4.78, 5) is 15.1. The summed E-state index contributed by atoms with van der Waals surface area (Å²) < 4.78 is 0. The summed E-state index contributed by atoms with van der Waals surface area (Å²) in [6.45, 7) is 0.692. The molecule has 1 aromatic carbocycles. The second-order valence-electron chi connectivity index (χ2n) is 7.99. The highest BCUT2D eigenvalue weighted by molar-refractivity contribution is 6.30. The Morgan fingerprint density at radius 1 is 1.09 bits per heavy atom. The molecule has 4 aliphatic rings. The van der Waals surface area contributed by atoms with Crippen LogP contribution in [0.25, 0.3) is 0 Å². The largest absolute Gasteiger partial charge is 0.341 e. The summed E-state index contributed by atoms with van der Waals surface area (Å²) in [5.41, 5.74) is 1.13. The van der Waals surface area contributed by atoms with Crippen LogP contribution >= 0.6 is 11.6 Å². The quantitative estimate of drug-likeness (QED) is 0.803. The number of hydrogen-bond acceptors (Lipinski definition) is 1. The van der Waals surface area contributed by atoms with Crippen LogP contribution in [0.15, 0.2) is 24.3 Å². The molecule has 22 heavy (non-hydrogen) atoms. The molecule has 4 saturated carbocycles. The first-order valence-electron chi connectivity index (χ1n) is 8.54. The minimum Gasteiger partial charge on any atom is -0.341 e. The van der Waals surface area contributed by atoms with Crippen LogP contribution in [-0.2, 0) is 11.3 Å². The van der Waals surface area contributed by atoms with Gasteiger partial charge >= 0.3 is 0 Å². The molecule has 3 heteroatoms. The van der Waals surface area contributed by atoms with Gasteiger partial charge in [0, 0.05) is 18.6 Å². The van der Waals surface area contributed by atoms with Crippen molar-refractivity contribution in [2.75, 3.05) is 7.05 Å². The van der Waals surface area contributed by atoms with Crippen molar-refractivity contribution in [3.05, 3.63) is 34.9 Å². The third kappa shape index (κ3) is 2.46. The molecule has 2 nitrogen and oxygen atoms in total. The molecule has 0 saturated heterocycles. The number of carbonyl (C=O) groups excluding carboxylic acids is 1. The molecule has 0 aromatic heterocycles. The molecule has 0 unspecified atom stereocenters. The van der Waals surface area contributed by atoms with Gasteiger partial charge in [-0.1, -0.05) is 23.7 Å². The number of rotatable bonds is 3. The second-order valence-corrected chi connectivity index (χ2v) is 8.42. The number of amides is 1. The Bertz CT molecular complexity index is 544. The zero-order chi connectivity index (χ0) is 15.3. The first-order valence-corrected chi connectivity index (χ1v) is 8.92. The molecule has 4 aliphatic carbocycles. The highest BCUT2D eigenvalue weighted by Crippen LogP contribution is 2.60. The standard InChI is InChI=1S/C19H24ClNO/c1-21(12-13-2-4-17(20)5-3-13)18(22)19-9-14-6-15(10-19)8-16(7-14)11-19/h2-5,14-16H,6-12H2,1H3. The fourth-order valence-corrected chi connectivity index (χ4v) is 5.84. The number of halogens is 1. The predicted octanol–water partition coefficient (Wildman–Crippen LogP) is 4.51. The van der Waals surface area contributed by atoms with Crippen molar-refractivity contribution in [2.45, 2.75) is 45.1 Å². The molecule has 0 atom stereocenters. The smallest absolute Gasteiger partial charge is 0.228 e. The molecular weight excluding hydrogens is 294 g/mol. The van der Waals surface area contributed by atoms with E-state index in [9.17, 15) is 4.79 Å². The lowest BCUT2D eigenvalue weighted by molar-refractivity contribution is -0.156. The van der Waals surface area contributed by atoms with Gasteiger partial charge in [0.15, 0.2) is 0 Å². The summed E-state index contributed by atoms with van der Waals surface area (Å²) in [6.07, 6.45) is 7.57. The van der Waals surface area contributed by atoms with Crippen LogP contribution in [0.5, 0.6) is 0 Å². The van der Waals surface area contributed by atoms with E-state index in [-0.39, 0.29) is 5.41 Å². The average Bonchev–Trinajstić information content (AvgIpc) is 2.47. The summed E-state index contributed by atoms with van der Waals surface area (Å²) in [7, 11) is 1.97. The molecule has 4 bridgehead atoms. The van der Waals surface area contributed by atoms with Crippen LogP contribution in [0.1, 0.15) is 44.1 Å². The minimum atomic E-state index is -0.0318. The van der Waals surface area contributed by atoms with Crippen molar-refractivity contribution in [1.82, 2.24) is 4.90 Å². The van der Waals surface area contributed by atoms with Crippen LogP contribution in [0, 0.1) is 23.2 Å². The van der Waals surface area contributed by atoms with Crippen LogP contribution < -0.4 is 0 Å². The number of nitrogens with zero attached hydrogens (tertiary/aromatic N) is 1. The summed E-state index contributed by atoms with van der Waals surface area (Å²) in [5.74, 6) is 2.85. The van der Waals surface area contributed by atoms with E-state index in [4.69, 9.17) is 11.6 Å². The lowest BCUT2D eigenvalue weighted by atomic mass is 9.49. The fourth-order valence-electron chi connectivity index (χ4n) is 5.71. The predicted molar refractivity (Wildman–Crippen MR) is 88.5 cm³/mol. The van der Waals surface area contributed by atoms with Crippen molar-refractivity contribution in [3.8, 4) is 0 Å². The molecule has 1 amide bonds. The maximum Gasteiger partial charge on any atom is 0.228 e. The zero-order valence-corrected chi connectivity index (χ0v) is 14.0. The summed E-state index contributed by atoms with van der Waals surface area (Å²) in [6, 6.07) is 7.84. The molecule has 0 N–H and O–H groups in total. The van der Waals surface area contributed by atoms with Crippen molar-refractivity contribution < 1.29 is 4.79 Å². The number of hydrogen-bond donors (Lipinski definition) is 0. The molecule has 4 fully saturated rings. The lowest BCUT2D eigenvalue weighted by Gasteiger charge is -2.56. The molecule has 118 valence electrons. The van der Waals surface area contributed by atoms with Crippen molar-refractivity contribution >= 4 is 17.5 Å². The van der Waals surface area contributed by atoms with Crippen molar-refractivity contribution in [2.24, 2.45) is 23.2 Å². The second kappa shape index (κ2) is 5.26. The highest BCUT2D eigenvalue weighted by atomic mass is 35.5. The van der Waals surface area contributed by atoms with Gasteiger partial charge in [-0.2, -0.15) is 0 Å². The Labute approximate surface area is 137 Å². The first kappa shape index (κ1) is 14.6. The van der Waals surface area contributed by atoms with Gasteiger partial charge in [-0.15, -0.1) is 0 Å². The third-order valence-corrected chi connectivity index (χ3v) is 6.42. The lowest BCUT2D eigenvalue weighted by Crippen LogP contribution is -2.53. The number of carbonyl (C=O) groups is 1. The van der Waals surface area contributed by atoms with E-state index in [1.54, 1.807) is 0 Å². The maximum atomic E-state index is 13.2. The minimum absolute atomic E-state index is 0.0318. The molecule has 1 aromatic rings. The average molecular weight is 318 g/mol. The molecule has 0 aliphatic heterocycles. The van der Waals surface area contributed by atoms with Gasteiger partial charge in [0.2, 0.25) is 5.91 Å². The van der Waals surface area contributed by atoms with Crippen LogP contribution in [0.4, 0.5) is 0 Å². The van der Waals surface area contributed by atoms with Gasteiger partial charge in [-0.25, -0.2) is 0 Å². The SMILES string of the molecule is CN(Cc1ccc(Cl)cc1)C(=O)C12CC3CC(CC(C3)C1)C2. The van der Waals surface area contributed by atoms with E-state index < -0.39 is 0 Å². The fraction of sp³-hybridized carbons (Fsp3) is 0.632. The normalized spacial score (nSPS) is 35.6. The van der Waals surface area contributed by atoms with E-state index in [1.165, 1.54) is 19.3 Å². The van der Waals surface area contributed by atoms with Crippen molar-refractivity contribution in [3.63, 3.8) is 0 Å². The van der Waals surface area contributed by atoms with E-state index in [2.05, 4.69) is 0 Å². The third-order valence-electron chi connectivity index (χ3n) is 6.17. The van der Waals surface area contributed by atoms with E-state index in [1.807, 2.05) is 36.2 Å². The summed E-state index contributed by atoms with van der Waals surface area (Å²) >= 11 is 5.94. The van der Waals surface area contributed by atoms with Crippen LogP contribution in [-0.4, -0.2) is 17.9 Å². The van der Waals surface area contributed by atoms with Gasteiger partial charge in [0.05, 0.1) is 5.41 Å². The van der Waals surface area contributed by atoms with E-state index in [0.717, 1.165) is 47.6 Å². The Morgan fingerprint density at radius 2 is 1.59 bits per heavy atom. The molecule has 0 heterocycles. The Hall–Kier alpha value is -1.02. The van der Waals surface area contributed by atoms with E-state index >= 15 is 0 Å². The van der Waals surface area contributed by atoms with E-state index in [0.29, 0.717) is 12.5 Å². The Kier molecular flexibility index (Phi) is 3.48. The number of benzene rings is 1. The Morgan fingerprint density at radius 3 is 2.09 bits per heavy atom. The highest BCUT2D eigenvalue weighted by Gasteiger charge is 2.55. The first-order chi connectivity index (χ1) is 10.5. The van der Waals surface area contributed by atoms with Gasteiger partial charge in [-0.05, 0) is 74.0 Å². The van der Waals surface area contributed by atoms with Gasteiger partial charge in [-0.3, -0.25) is 4.79 Å². The zero-order valence-electron chi connectivity index (χ0n) is 13.2. The van der Waals surface area contributed by atoms with Gasteiger partial charge in [0.25, 0.3) is 0 Å². The summed E-state index contributed by atoms with van der Waals surface area (Å²) in [5, 5.41) is 0.749. The molecule has 0 radical (unpaired) electrons. The van der Waals surface area contributed by atoms with Crippen LogP contribution in [0.2, 0.25) is 5.02 Å². The van der Waals surface area contributed by atoms with Gasteiger partial charge < -0.3 is 4.90 Å². The van der Waals surface area contributed by atoms with Crippen LogP contribution in [0.3, 0.4) is 0 Å². The monoisotopic (exact) mass is 317 g/mol. The molecule has 5 rings (SSSR count). The molecule has 0 spiro atoms. The van der Waals surface area contributed by atoms with Gasteiger partial charge in [0.1, 0.15) is 0 Å². The van der Waals surface area contributed by atoms with Crippen molar-refractivity contribution in [1.29, 1.82) is 0 Å². The maximum absolute atomic E-state index is 13.2.